The van der Waals surface area contributed by atoms with Crippen LogP contribution in [-0.4, -0.2) is 40.7 Å². The summed E-state index contributed by atoms with van der Waals surface area (Å²) in [5.74, 6) is -0.801. The fourth-order valence-corrected chi connectivity index (χ4v) is 3.76. The van der Waals surface area contributed by atoms with Crippen LogP contribution < -0.4 is 16.4 Å². The summed E-state index contributed by atoms with van der Waals surface area (Å²) >= 11 is 0. The summed E-state index contributed by atoms with van der Waals surface area (Å²) in [6.07, 6.45) is 2.43. The molecule has 1 fully saturated rings. The zero-order valence-electron chi connectivity index (χ0n) is 16.0. The number of hydrogen-bond donors (Lipinski definition) is 3. The second-order valence-electron chi connectivity index (χ2n) is 7.52. The first-order chi connectivity index (χ1) is 12.9. The Morgan fingerprint density at radius 3 is 2.67 bits per heavy atom. The fourth-order valence-electron chi connectivity index (χ4n) is 3.76. The van der Waals surface area contributed by atoms with E-state index >= 15 is 0 Å². The maximum absolute atomic E-state index is 12.8. The Kier molecular flexibility index (Phi) is 5.62. The highest BCUT2D eigenvalue weighted by molar-refractivity contribution is 6.05. The molecule has 0 aliphatic carbocycles. The summed E-state index contributed by atoms with van der Waals surface area (Å²) in [5.41, 5.74) is 8.76. The second-order valence-corrected chi connectivity index (χ2v) is 7.52. The van der Waals surface area contributed by atoms with Crippen LogP contribution in [0.1, 0.15) is 61.0 Å². The topological polar surface area (TPSA) is 105 Å². The number of benzene rings is 1. The fraction of sp³-hybridized carbons (Fsp3) is 0.550. The van der Waals surface area contributed by atoms with Gasteiger partial charge in [0.25, 0.3) is 5.91 Å². The van der Waals surface area contributed by atoms with Crippen molar-refractivity contribution in [3.63, 3.8) is 0 Å². The van der Waals surface area contributed by atoms with Gasteiger partial charge in [-0.05, 0) is 36.5 Å². The smallest absolute Gasteiger partial charge is 0.255 e. The van der Waals surface area contributed by atoms with Crippen LogP contribution in [0.4, 0.5) is 0 Å². The molecule has 7 heteroatoms. The van der Waals surface area contributed by atoms with E-state index in [2.05, 4.69) is 24.5 Å². The first kappa shape index (κ1) is 19.5. The number of fused-ring (bicyclic) bond motifs is 1. The molecule has 2 aliphatic heterocycles. The highest BCUT2D eigenvalue weighted by Gasteiger charge is 2.39. The third kappa shape index (κ3) is 3.89. The van der Waals surface area contributed by atoms with E-state index < -0.39 is 6.04 Å². The molecule has 3 rings (SSSR count). The molecular weight excluding hydrogens is 344 g/mol. The lowest BCUT2D eigenvalue weighted by atomic mass is 9.94. The van der Waals surface area contributed by atoms with Crippen LogP contribution in [-0.2, 0) is 22.7 Å². The van der Waals surface area contributed by atoms with Gasteiger partial charge in [0.05, 0.1) is 0 Å². The van der Waals surface area contributed by atoms with E-state index in [-0.39, 0.29) is 29.7 Å². The number of amides is 3. The average molecular weight is 372 g/mol. The lowest BCUT2D eigenvalue weighted by Crippen LogP contribution is -2.52. The van der Waals surface area contributed by atoms with Gasteiger partial charge in [-0.15, -0.1) is 0 Å². The molecule has 0 bridgehead atoms. The maximum Gasteiger partial charge on any atom is 0.255 e. The van der Waals surface area contributed by atoms with Crippen LogP contribution in [0.25, 0.3) is 0 Å². The predicted molar refractivity (Wildman–Crippen MR) is 102 cm³/mol. The van der Waals surface area contributed by atoms with Crippen molar-refractivity contribution >= 4 is 17.7 Å². The molecule has 1 aromatic carbocycles. The van der Waals surface area contributed by atoms with Crippen LogP contribution in [0.5, 0.6) is 0 Å². The molecule has 7 nitrogen and oxygen atoms in total. The molecule has 1 unspecified atom stereocenters. The standard InChI is InChI=1S/C20H28N4O3/c1-3-20(21,4-2)12-22-10-13-6-5-7-14-15(13)11-24(19(14)27)16-8-9-17(25)23-18(16)26/h5-7,16,22H,3-4,8-12,21H2,1-2H3,(H,23,25,26). The Labute approximate surface area is 159 Å². The summed E-state index contributed by atoms with van der Waals surface area (Å²) in [7, 11) is 0. The molecular formula is C20H28N4O3. The van der Waals surface area contributed by atoms with Gasteiger partial charge in [-0.25, -0.2) is 0 Å². The van der Waals surface area contributed by atoms with E-state index in [4.69, 9.17) is 5.73 Å². The van der Waals surface area contributed by atoms with Gasteiger partial charge < -0.3 is 16.0 Å². The quantitative estimate of drug-likeness (QED) is 0.621. The zero-order chi connectivity index (χ0) is 19.6. The first-order valence-electron chi connectivity index (χ1n) is 9.63. The number of hydrogen-bond acceptors (Lipinski definition) is 5. The molecule has 0 radical (unpaired) electrons. The number of imide groups is 1. The summed E-state index contributed by atoms with van der Waals surface area (Å²) in [6.45, 7) is 5.89. The highest BCUT2D eigenvalue weighted by atomic mass is 16.2. The minimum atomic E-state index is -0.583. The first-order valence-corrected chi connectivity index (χ1v) is 9.63. The minimum Gasteiger partial charge on any atom is -0.324 e. The lowest BCUT2D eigenvalue weighted by Gasteiger charge is -2.29. The van der Waals surface area contributed by atoms with E-state index in [1.807, 2.05) is 12.1 Å². The Morgan fingerprint density at radius 1 is 1.26 bits per heavy atom. The van der Waals surface area contributed by atoms with Gasteiger partial charge in [0.2, 0.25) is 11.8 Å². The Hall–Kier alpha value is -2.25. The monoisotopic (exact) mass is 372 g/mol. The van der Waals surface area contributed by atoms with Crippen LogP contribution >= 0.6 is 0 Å². The lowest BCUT2D eigenvalue weighted by molar-refractivity contribution is -0.136. The molecule has 2 heterocycles. The largest absolute Gasteiger partial charge is 0.324 e. The molecule has 146 valence electrons. The Balaban J connectivity index is 1.72. The van der Waals surface area contributed by atoms with E-state index in [9.17, 15) is 14.4 Å². The van der Waals surface area contributed by atoms with Gasteiger partial charge in [0, 0.05) is 37.2 Å². The van der Waals surface area contributed by atoms with Gasteiger partial charge in [0.1, 0.15) is 6.04 Å². The predicted octanol–water partition coefficient (Wildman–Crippen LogP) is 1.05. The maximum atomic E-state index is 12.8. The number of carbonyl (C=O) groups is 3. The van der Waals surface area contributed by atoms with E-state index in [0.717, 1.165) is 24.0 Å². The Bertz CT molecular complexity index is 758. The molecule has 2 aliphatic rings. The van der Waals surface area contributed by atoms with Crippen molar-refractivity contribution in [2.24, 2.45) is 5.73 Å². The zero-order valence-corrected chi connectivity index (χ0v) is 16.0. The molecule has 27 heavy (non-hydrogen) atoms. The van der Waals surface area contributed by atoms with Crippen molar-refractivity contribution in [2.45, 2.75) is 64.2 Å². The van der Waals surface area contributed by atoms with Gasteiger partial charge in [-0.1, -0.05) is 26.0 Å². The van der Waals surface area contributed by atoms with Gasteiger partial charge in [-0.2, -0.15) is 0 Å². The molecule has 0 spiro atoms. The molecule has 1 aromatic rings. The van der Waals surface area contributed by atoms with Crippen molar-refractivity contribution in [2.75, 3.05) is 6.54 Å². The number of nitrogens with two attached hydrogens (primary N) is 1. The van der Waals surface area contributed by atoms with Crippen molar-refractivity contribution in [1.29, 1.82) is 0 Å². The third-order valence-electron chi connectivity index (χ3n) is 5.88. The molecule has 4 N–H and O–H groups in total. The van der Waals surface area contributed by atoms with Crippen molar-refractivity contribution in [3.8, 4) is 0 Å². The van der Waals surface area contributed by atoms with Gasteiger partial charge in [0.15, 0.2) is 0 Å². The average Bonchev–Trinajstić information content (AvgIpc) is 2.99. The molecule has 3 amide bonds. The Morgan fingerprint density at radius 2 is 2.00 bits per heavy atom. The van der Waals surface area contributed by atoms with Crippen molar-refractivity contribution in [1.82, 2.24) is 15.5 Å². The van der Waals surface area contributed by atoms with Crippen LogP contribution in [0.2, 0.25) is 0 Å². The molecule has 0 aromatic heterocycles. The van der Waals surface area contributed by atoms with Crippen LogP contribution in [0, 0.1) is 0 Å². The number of nitrogens with zero attached hydrogens (tertiary/aromatic N) is 1. The van der Waals surface area contributed by atoms with Gasteiger partial charge in [-0.3, -0.25) is 19.7 Å². The summed E-state index contributed by atoms with van der Waals surface area (Å²) < 4.78 is 0. The van der Waals surface area contributed by atoms with Crippen molar-refractivity contribution in [3.05, 3.63) is 34.9 Å². The number of piperidine rings is 1. The highest BCUT2D eigenvalue weighted by Crippen LogP contribution is 2.29. The van der Waals surface area contributed by atoms with E-state index in [1.54, 1.807) is 11.0 Å². The number of nitrogens with one attached hydrogen (secondary N) is 2. The third-order valence-corrected chi connectivity index (χ3v) is 5.88. The van der Waals surface area contributed by atoms with Crippen molar-refractivity contribution < 1.29 is 14.4 Å². The normalized spacial score (nSPS) is 20.0. The SMILES string of the molecule is CCC(N)(CC)CNCc1cccc2c1CN(C1CCC(=O)NC1=O)C2=O. The van der Waals surface area contributed by atoms with E-state index in [1.165, 1.54) is 0 Å². The van der Waals surface area contributed by atoms with Crippen LogP contribution in [0.3, 0.4) is 0 Å². The minimum absolute atomic E-state index is 0.142. The summed E-state index contributed by atoms with van der Waals surface area (Å²) in [5, 5.41) is 5.75. The molecule has 0 saturated carbocycles. The second kappa shape index (κ2) is 7.78. The summed E-state index contributed by atoms with van der Waals surface area (Å²) in [4.78, 5) is 38.0. The number of rotatable bonds is 7. The van der Waals surface area contributed by atoms with Crippen LogP contribution in [0.15, 0.2) is 18.2 Å². The number of carbonyl (C=O) groups excluding carboxylic acids is 3. The van der Waals surface area contributed by atoms with Gasteiger partial charge >= 0.3 is 0 Å². The molecule has 1 atom stereocenters. The van der Waals surface area contributed by atoms with E-state index in [0.29, 0.717) is 31.6 Å². The summed E-state index contributed by atoms with van der Waals surface area (Å²) in [6, 6.07) is 5.10. The molecule has 1 saturated heterocycles.